The Hall–Kier alpha value is -1.57. The topological polar surface area (TPSA) is 22.0 Å². The average Bonchev–Trinajstić information content (AvgIpc) is 2.23. The first-order chi connectivity index (χ1) is 6.77. The Morgan fingerprint density at radius 2 is 2.14 bits per heavy atom. The van der Waals surface area contributed by atoms with Crippen molar-refractivity contribution in [3.63, 3.8) is 0 Å². The first kappa shape index (κ1) is 9.00. The minimum Gasteiger partial charge on any atom is -0.284 e. The van der Waals surface area contributed by atoms with Crippen molar-refractivity contribution in [2.75, 3.05) is 0 Å². The van der Waals surface area contributed by atoms with Crippen molar-refractivity contribution in [2.45, 2.75) is 19.8 Å². The highest BCUT2D eigenvalue weighted by molar-refractivity contribution is 5.58. The third-order valence-corrected chi connectivity index (χ3v) is 2.31. The van der Waals surface area contributed by atoms with Crippen molar-refractivity contribution in [1.29, 1.82) is 0 Å². The molecule has 1 aromatic heterocycles. The van der Waals surface area contributed by atoms with Crippen LogP contribution in [0.25, 0.3) is 5.70 Å². The highest BCUT2D eigenvalue weighted by Gasteiger charge is 2.01. The van der Waals surface area contributed by atoms with E-state index in [9.17, 15) is 4.79 Å². The van der Waals surface area contributed by atoms with E-state index in [0.717, 1.165) is 24.1 Å². The molecule has 0 saturated heterocycles. The summed E-state index contributed by atoms with van der Waals surface area (Å²) in [6, 6.07) is 3.45. The van der Waals surface area contributed by atoms with E-state index >= 15 is 0 Å². The zero-order valence-electron chi connectivity index (χ0n) is 8.23. The fourth-order valence-corrected chi connectivity index (χ4v) is 1.57. The Labute approximate surface area is 83.2 Å². The van der Waals surface area contributed by atoms with Gasteiger partial charge in [-0.25, -0.2) is 0 Å². The van der Waals surface area contributed by atoms with Crippen molar-refractivity contribution in [1.82, 2.24) is 4.57 Å². The first-order valence-electron chi connectivity index (χ1n) is 4.84. The second kappa shape index (κ2) is 3.66. The molecule has 1 heterocycles. The van der Waals surface area contributed by atoms with E-state index in [4.69, 9.17) is 0 Å². The zero-order valence-corrected chi connectivity index (χ0v) is 8.23. The molecule has 0 amide bonds. The maximum Gasteiger partial charge on any atom is 0.255 e. The van der Waals surface area contributed by atoms with Crippen LogP contribution in [0.2, 0.25) is 0 Å². The molecule has 0 radical (unpaired) electrons. The molecule has 0 aromatic carbocycles. The van der Waals surface area contributed by atoms with Crippen LogP contribution in [0, 0.1) is 6.92 Å². The van der Waals surface area contributed by atoms with Crippen LogP contribution in [-0.4, -0.2) is 4.57 Å². The Balaban J connectivity index is 2.50. The molecular formula is C12H13NO. The fourth-order valence-electron chi connectivity index (χ4n) is 1.57. The summed E-state index contributed by atoms with van der Waals surface area (Å²) in [6.07, 6.45) is 10.2. The Morgan fingerprint density at radius 1 is 1.29 bits per heavy atom. The van der Waals surface area contributed by atoms with Crippen LogP contribution in [0.1, 0.15) is 18.4 Å². The Bertz CT molecular complexity index is 452. The lowest BCUT2D eigenvalue weighted by Crippen LogP contribution is -2.17. The van der Waals surface area contributed by atoms with E-state index in [1.165, 1.54) is 0 Å². The number of aryl methyl sites for hydroxylation is 1. The molecule has 1 aliphatic carbocycles. The molecule has 1 aromatic rings. The molecule has 0 N–H and O–H groups in total. The summed E-state index contributed by atoms with van der Waals surface area (Å²) >= 11 is 0. The minimum atomic E-state index is 0.0356. The molecule has 0 bridgehead atoms. The predicted octanol–water partition coefficient (Wildman–Crippen LogP) is 2.35. The van der Waals surface area contributed by atoms with Crippen LogP contribution >= 0.6 is 0 Å². The standard InChI is InChI=1S/C12H13NO/c1-10-7-8-12(14)13(9-10)11-5-3-2-4-6-11/h3,5-9H,2,4H2,1H3. The third-order valence-electron chi connectivity index (χ3n) is 2.31. The van der Waals surface area contributed by atoms with Crippen LogP contribution < -0.4 is 5.56 Å². The van der Waals surface area contributed by atoms with Gasteiger partial charge in [-0.2, -0.15) is 0 Å². The molecule has 0 saturated carbocycles. The number of aromatic nitrogens is 1. The maximum atomic E-state index is 11.6. The van der Waals surface area contributed by atoms with Gasteiger partial charge >= 0.3 is 0 Å². The summed E-state index contributed by atoms with van der Waals surface area (Å²) in [6.45, 7) is 1.99. The van der Waals surface area contributed by atoms with Gasteiger partial charge in [0.25, 0.3) is 5.56 Å². The molecule has 14 heavy (non-hydrogen) atoms. The summed E-state index contributed by atoms with van der Waals surface area (Å²) in [5, 5.41) is 0. The van der Waals surface area contributed by atoms with E-state index in [1.807, 2.05) is 25.3 Å². The predicted molar refractivity (Wildman–Crippen MR) is 58.1 cm³/mol. The van der Waals surface area contributed by atoms with Crippen LogP contribution in [0.15, 0.2) is 41.4 Å². The van der Waals surface area contributed by atoms with Gasteiger partial charge in [0.2, 0.25) is 0 Å². The number of allylic oxidation sites excluding steroid dienone is 4. The monoisotopic (exact) mass is 187 g/mol. The number of hydrogen-bond donors (Lipinski definition) is 0. The molecule has 0 aliphatic heterocycles. The Morgan fingerprint density at radius 3 is 2.86 bits per heavy atom. The fraction of sp³-hybridized carbons (Fsp3) is 0.250. The normalized spacial score (nSPS) is 15.4. The summed E-state index contributed by atoms with van der Waals surface area (Å²) in [5.74, 6) is 0. The molecule has 72 valence electrons. The molecule has 1 aliphatic rings. The largest absolute Gasteiger partial charge is 0.284 e. The molecule has 0 fully saturated rings. The average molecular weight is 187 g/mol. The molecular weight excluding hydrogens is 174 g/mol. The Kier molecular flexibility index (Phi) is 2.35. The van der Waals surface area contributed by atoms with Crippen molar-refractivity contribution in [3.8, 4) is 0 Å². The van der Waals surface area contributed by atoms with Crippen molar-refractivity contribution >= 4 is 5.70 Å². The highest BCUT2D eigenvalue weighted by atomic mass is 16.1. The van der Waals surface area contributed by atoms with Gasteiger partial charge in [0, 0.05) is 18.0 Å². The van der Waals surface area contributed by atoms with Crippen LogP contribution in [-0.2, 0) is 0 Å². The van der Waals surface area contributed by atoms with Gasteiger partial charge in [-0.15, -0.1) is 0 Å². The van der Waals surface area contributed by atoms with E-state index in [2.05, 4.69) is 12.2 Å². The number of pyridine rings is 1. The lowest BCUT2D eigenvalue weighted by atomic mass is 10.1. The second-order valence-electron chi connectivity index (χ2n) is 3.52. The first-order valence-corrected chi connectivity index (χ1v) is 4.84. The number of rotatable bonds is 1. The lowest BCUT2D eigenvalue weighted by Gasteiger charge is -2.10. The molecule has 0 atom stereocenters. The van der Waals surface area contributed by atoms with Crippen molar-refractivity contribution in [3.05, 3.63) is 52.5 Å². The maximum absolute atomic E-state index is 11.6. The van der Waals surface area contributed by atoms with Crippen LogP contribution in [0.4, 0.5) is 0 Å². The lowest BCUT2D eigenvalue weighted by molar-refractivity contribution is 0.962. The quantitative estimate of drug-likeness (QED) is 0.661. The molecule has 0 spiro atoms. The van der Waals surface area contributed by atoms with E-state index < -0.39 is 0 Å². The van der Waals surface area contributed by atoms with E-state index in [1.54, 1.807) is 10.6 Å². The molecule has 2 nitrogen and oxygen atoms in total. The summed E-state index contributed by atoms with van der Waals surface area (Å²) in [5.41, 5.74) is 2.13. The number of hydrogen-bond acceptors (Lipinski definition) is 1. The summed E-state index contributed by atoms with van der Waals surface area (Å²) in [7, 11) is 0. The smallest absolute Gasteiger partial charge is 0.255 e. The second-order valence-corrected chi connectivity index (χ2v) is 3.52. The van der Waals surface area contributed by atoms with Gasteiger partial charge < -0.3 is 0 Å². The molecule has 2 rings (SSSR count). The van der Waals surface area contributed by atoms with Crippen LogP contribution in [0.3, 0.4) is 0 Å². The SMILES string of the molecule is Cc1ccc(=O)n(C2=CCCC=C2)c1. The van der Waals surface area contributed by atoms with Crippen LogP contribution in [0.5, 0.6) is 0 Å². The van der Waals surface area contributed by atoms with Gasteiger partial charge in [-0.05, 0) is 31.4 Å². The third kappa shape index (κ3) is 1.69. The number of nitrogens with zero attached hydrogens (tertiary/aromatic N) is 1. The minimum absolute atomic E-state index is 0.0356. The zero-order chi connectivity index (χ0) is 9.97. The van der Waals surface area contributed by atoms with E-state index in [0.29, 0.717) is 0 Å². The highest BCUT2D eigenvalue weighted by Crippen LogP contribution is 2.13. The van der Waals surface area contributed by atoms with Crippen molar-refractivity contribution < 1.29 is 0 Å². The van der Waals surface area contributed by atoms with Crippen molar-refractivity contribution in [2.24, 2.45) is 0 Å². The molecule has 2 heteroatoms. The van der Waals surface area contributed by atoms with E-state index in [-0.39, 0.29) is 5.56 Å². The van der Waals surface area contributed by atoms with Gasteiger partial charge in [-0.3, -0.25) is 9.36 Å². The van der Waals surface area contributed by atoms with Gasteiger partial charge in [-0.1, -0.05) is 18.2 Å². The van der Waals surface area contributed by atoms with Gasteiger partial charge in [0.05, 0.1) is 0 Å². The molecule has 0 unspecified atom stereocenters. The van der Waals surface area contributed by atoms with Gasteiger partial charge in [0.15, 0.2) is 0 Å². The summed E-state index contributed by atoms with van der Waals surface area (Å²) < 4.78 is 1.70. The van der Waals surface area contributed by atoms with Gasteiger partial charge in [0.1, 0.15) is 0 Å². The summed E-state index contributed by atoms with van der Waals surface area (Å²) in [4.78, 5) is 11.6.